The minimum atomic E-state index is -1.63. The quantitative estimate of drug-likeness (QED) is 0.425. The van der Waals surface area contributed by atoms with Gasteiger partial charge in [0, 0.05) is 6.92 Å². The molecular formula is C11H18O4Si. The Kier molecular flexibility index (Phi) is 3.82. The van der Waals surface area contributed by atoms with Crippen molar-refractivity contribution in [2.45, 2.75) is 43.6 Å². The molecule has 0 aromatic heterocycles. The van der Waals surface area contributed by atoms with Gasteiger partial charge in [0.2, 0.25) is 0 Å². The summed E-state index contributed by atoms with van der Waals surface area (Å²) in [5, 5.41) is 28.2. The molecule has 1 saturated heterocycles. The molecule has 2 radical (unpaired) electrons. The van der Waals surface area contributed by atoms with E-state index in [-0.39, 0.29) is 0 Å². The second-order valence-electron chi connectivity index (χ2n) is 5.07. The fourth-order valence-electron chi connectivity index (χ4n) is 1.38. The molecule has 2 unspecified atom stereocenters. The third-order valence-electron chi connectivity index (χ3n) is 2.30. The Morgan fingerprint density at radius 2 is 1.94 bits per heavy atom. The Morgan fingerprint density at radius 3 is 2.31 bits per heavy atom. The minimum absolute atomic E-state index is 0.397. The molecular weight excluding hydrogens is 224 g/mol. The van der Waals surface area contributed by atoms with Crippen LogP contribution in [0.4, 0.5) is 0 Å². The van der Waals surface area contributed by atoms with Gasteiger partial charge in [-0.25, -0.2) is 0 Å². The van der Waals surface area contributed by atoms with Crippen molar-refractivity contribution in [3.8, 4) is 11.5 Å². The van der Waals surface area contributed by atoms with Crippen LogP contribution in [0.2, 0.25) is 19.6 Å². The Morgan fingerprint density at radius 1 is 1.38 bits per heavy atom. The van der Waals surface area contributed by atoms with E-state index in [1.807, 2.05) is 19.6 Å². The standard InChI is InChI=1S/C11H18O4Si/c1-11(5-6-16(2,3)4)10(14)9(13)8(7-12)15-11/h1,8-10,12-14H,7H2,2-4H3/t8-,9+,10?,11?/m1/s1. The lowest BCUT2D eigenvalue weighted by molar-refractivity contribution is -0.0332. The van der Waals surface area contributed by atoms with E-state index in [4.69, 9.17) is 16.8 Å². The molecule has 0 aliphatic carbocycles. The average molecular weight is 242 g/mol. The first-order chi connectivity index (χ1) is 7.19. The van der Waals surface area contributed by atoms with E-state index in [1.54, 1.807) is 0 Å². The zero-order valence-corrected chi connectivity index (χ0v) is 10.8. The number of ether oxygens (including phenoxy) is 1. The maximum absolute atomic E-state index is 9.72. The monoisotopic (exact) mass is 242 g/mol. The molecule has 0 bridgehead atoms. The zero-order chi connectivity index (χ0) is 12.6. The van der Waals surface area contributed by atoms with Gasteiger partial charge >= 0.3 is 0 Å². The van der Waals surface area contributed by atoms with Crippen LogP contribution in [-0.4, -0.2) is 53.9 Å². The maximum Gasteiger partial charge on any atom is 0.160 e. The first kappa shape index (κ1) is 13.7. The fraction of sp³-hybridized carbons (Fsp3) is 0.727. The predicted octanol–water partition coefficient (Wildman–Crippen LogP) is -0.570. The van der Waals surface area contributed by atoms with Crippen LogP contribution >= 0.6 is 0 Å². The van der Waals surface area contributed by atoms with Gasteiger partial charge < -0.3 is 20.1 Å². The third kappa shape index (κ3) is 2.84. The molecule has 0 spiro atoms. The molecule has 0 aromatic carbocycles. The Balaban J connectivity index is 2.90. The van der Waals surface area contributed by atoms with Crippen molar-refractivity contribution >= 4 is 8.07 Å². The van der Waals surface area contributed by atoms with Gasteiger partial charge in [0.15, 0.2) is 5.60 Å². The van der Waals surface area contributed by atoms with Gasteiger partial charge in [0.05, 0.1) is 6.61 Å². The van der Waals surface area contributed by atoms with Crippen molar-refractivity contribution < 1.29 is 20.1 Å². The van der Waals surface area contributed by atoms with E-state index >= 15 is 0 Å². The second-order valence-corrected chi connectivity index (χ2v) is 9.82. The van der Waals surface area contributed by atoms with Crippen LogP contribution in [0.5, 0.6) is 0 Å². The number of hydrogen-bond acceptors (Lipinski definition) is 4. The SMILES string of the molecule is [CH]C1(C#C[Si](C)(C)C)O[C@H](CO)[C@H](O)C1O. The fourth-order valence-corrected chi connectivity index (χ4v) is 1.95. The lowest BCUT2D eigenvalue weighted by atomic mass is 9.98. The lowest BCUT2D eigenvalue weighted by Gasteiger charge is -2.21. The van der Waals surface area contributed by atoms with Crippen LogP contribution in [0.3, 0.4) is 0 Å². The summed E-state index contributed by atoms with van der Waals surface area (Å²) in [5.74, 6) is 2.69. The van der Waals surface area contributed by atoms with Crippen molar-refractivity contribution in [2.75, 3.05) is 6.61 Å². The molecule has 1 aliphatic rings. The van der Waals surface area contributed by atoms with E-state index in [0.29, 0.717) is 0 Å². The summed E-state index contributed by atoms with van der Waals surface area (Å²) in [7, 11) is -1.63. The van der Waals surface area contributed by atoms with Gasteiger partial charge in [-0.15, -0.1) is 5.54 Å². The number of rotatable bonds is 1. The lowest BCUT2D eigenvalue weighted by Crippen LogP contribution is -2.40. The van der Waals surface area contributed by atoms with Gasteiger partial charge in [-0.1, -0.05) is 25.6 Å². The molecule has 1 fully saturated rings. The summed E-state index contributed by atoms with van der Waals surface area (Å²) >= 11 is 0. The Labute approximate surface area is 97.3 Å². The topological polar surface area (TPSA) is 69.9 Å². The first-order valence-electron chi connectivity index (χ1n) is 5.17. The van der Waals surface area contributed by atoms with Crippen molar-refractivity contribution in [3.05, 3.63) is 6.92 Å². The summed E-state index contributed by atoms with van der Waals surface area (Å²) in [5.41, 5.74) is 1.41. The molecule has 0 aromatic rings. The van der Waals surface area contributed by atoms with Gasteiger partial charge in [0.1, 0.15) is 26.4 Å². The van der Waals surface area contributed by atoms with E-state index in [1.165, 1.54) is 0 Å². The zero-order valence-electron chi connectivity index (χ0n) is 9.77. The summed E-state index contributed by atoms with van der Waals surface area (Å²) < 4.78 is 5.19. The van der Waals surface area contributed by atoms with Gasteiger partial charge in [-0.3, -0.25) is 0 Å². The van der Waals surface area contributed by atoms with Crippen LogP contribution in [0.25, 0.3) is 0 Å². The molecule has 5 heteroatoms. The molecule has 0 amide bonds. The van der Waals surface area contributed by atoms with Crippen LogP contribution in [0.15, 0.2) is 0 Å². The number of aliphatic hydroxyl groups excluding tert-OH is 3. The molecule has 4 nitrogen and oxygen atoms in total. The smallest absolute Gasteiger partial charge is 0.160 e. The molecule has 1 aliphatic heterocycles. The summed E-state index contributed by atoms with van der Waals surface area (Å²) in [6.45, 7) is 11.5. The van der Waals surface area contributed by atoms with Crippen molar-refractivity contribution in [1.82, 2.24) is 0 Å². The van der Waals surface area contributed by atoms with Gasteiger partial charge in [-0.05, 0) is 0 Å². The number of aliphatic hydroxyl groups is 3. The van der Waals surface area contributed by atoms with Gasteiger partial charge in [-0.2, -0.15) is 0 Å². The predicted molar refractivity (Wildman–Crippen MR) is 62.1 cm³/mol. The second kappa shape index (κ2) is 4.47. The normalized spacial score (nSPS) is 39.3. The molecule has 90 valence electrons. The van der Waals surface area contributed by atoms with Crippen molar-refractivity contribution in [3.63, 3.8) is 0 Å². The highest BCUT2D eigenvalue weighted by atomic mass is 28.3. The summed E-state index contributed by atoms with van der Waals surface area (Å²) in [4.78, 5) is 0. The van der Waals surface area contributed by atoms with Crippen LogP contribution < -0.4 is 0 Å². The molecule has 4 atom stereocenters. The van der Waals surface area contributed by atoms with E-state index in [9.17, 15) is 10.2 Å². The largest absolute Gasteiger partial charge is 0.394 e. The number of hydrogen-bond donors (Lipinski definition) is 3. The highest BCUT2D eigenvalue weighted by molar-refractivity contribution is 6.83. The molecule has 16 heavy (non-hydrogen) atoms. The highest BCUT2D eigenvalue weighted by Gasteiger charge is 2.50. The first-order valence-corrected chi connectivity index (χ1v) is 8.67. The third-order valence-corrected chi connectivity index (χ3v) is 3.18. The Bertz CT molecular complexity index is 314. The van der Waals surface area contributed by atoms with Crippen LogP contribution in [-0.2, 0) is 4.74 Å². The maximum atomic E-state index is 9.72. The van der Waals surface area contributed by atoms with Crippen molar-refractivity contribution in [2.24, 2.45) is 0 Å². The van der Waals surface area contributed by atoms with E-state index in [0.717, 1.165) is 0 Å². The molecule has 1 heterocycles. The minimum Gasteiger partial charge on any atom is -0.394 e. The molecule has 0 saturated carbocycles. The highest BCUT2D eigenvalue weighted by Crippen LogP contribution is 2.30. The average Bonchev–Trinajstić information content (AvgIpc) is 2.40. The van der Waals surface area contributed by atoms with Crippen LogP contribution in [0, 0.1) is 18.4 Å². The van der Waals surface area contributed by atoms with Crippen molar-refractivity contribution in [1.29, 1.82) is 0 Å². The molecule has 3 N–H and O–H groups in total. The van der Waals surface area contributed by atoms with E-state index < -0.39 is 38.6 Å². The van der Waals surface area contributed by atoms with E-state index in [2.05, 4.69) is 11.5 Å². The summed E-state index contributed by atoms with van der Waals surface area (Å²) in [6.07, 6.45) is -3.38. The summed E-state index contributed by atoms with van der Waals surface area (Å²) in [6, 6.07) is 0. The van der Waals surface area contributed by atoms with Crippen LogP contribution in [0.1, 0.15) is 0 Å². The molecule has 1 rings (SSSR count). The Hall–Kier alpha value is -0.383. The van der Waals surface area contributed by atoms with Gasteiger partial charge in [0.25, 0.3) is 0 Å².